The number of aliphatic carboxylic acids is 1. The maximum atomic E-state index is 11.1. The van der Waals surface area contributed by atoms with Crippen molar-refractivity contribution >= 4 is 12.3 Å². The second-order valence-corrected chi connectivity index (χ2v) is 5.26. The zero-order chi connectivity index (χ0) is 15.8. The van der Waals surface area contributed by atoms with Gasteiger partial charge in [0.1, 0.15) is 6.29 Å². The minimum Gasteiger partial charge on any atom is -0.479 e. The van der Waals surface area contributed by atoms with Crippen LogP contribution in [0, 0.1) is 0 Å². The van der Waals surface area contributed by atoms with Gasteiger partial charge in [-0.1, -0.05) is 51.2 Å². The van der Waals surface area contributed by atoms with Gasteiger partial charge in [-0.3, -0.25) is 0 Å². The van der Waals surface area contributed by atoms with E-state index in [1.807, 2.05) is 0 Å². The number of carboxylic acid groups (broad SMARTS) is 1. The highest BCUT2D eigenvalue weighted by Gasteiger charge is 2.16. The van der Waals surface area contributed by atoms with Crippen molar-refractivity contribution < 1.29 is 19.4 Å². The number of carbonyl (C=O) groups excluding carboxylic acids is 1. The van der Waals surface area contributed by atoms with E-state index < -0.39 is 12.1 Å². The zero-order valence-electron chi connectivity index (χ0n) is 13.3. The van der Waals surface area contributed by atoms with Gasteiger partial charge in [-0.05, 0) is 25.7 Å². The second-order valence-electron chi connectivity index (χ2n) is 5.26. The Bertz CT molecular complexity index is 287. The number of allylic oxidation sites excluding steroid dienone is 1. The highest BCUT2D eigenvalue weighted by molar-refractivity contribution is 5.72. The lowest BCUT2D eigenvalue weighted by atomic mass is 10.1. The Morgan fingerprint density at radius 1 is 1.05 bits per heavy atom. The van der Waals surface area contributed by atoms with E-state index in [1.165, 1.54) is 12.8 Å². The molecule has 0 fully saturated rings. The van der Waals surface area contributed by atoms with Gasteiger partial charge in [0, 0.05) is 6.42 Å². The van der Waals surface area contributed by atoms with Gasteiger partial charge in [0.15, 0.2) is 6.10 Å². The van der Waals surface area contributed by atoms with Crippen molar-refractivity contribution in [3.05, 3.63) is 12.2 Å². The number of unbranched alkanes of at least 4 members (excludes halogenated alkanes) is 6. The largest absolute Gasteiger partial charge is 0.479 e. The highest BCUT2D eigenvalue weighted by Crippen LogP contribution is 2.10. The first-order valence-electron chi connectivity index (χ1n) is 8.15. The number of ether oxygens (including phenoxy) is 1. The van der Waals surface area contributed by atoms with Crippen molar-refractivity contribution in [3.63, 3.8) is 0 Å². The summed E-state index contributed by atoms with van der Waals surface area (Å²) >= 11 is 0. The smallest absolute Gasteiger partial charge is 0.332 e. The molecule has 0 heterocycles. The van der Waals surface area contributed by atoms with Crippen LogP contribution in [0.1, 0.15) is 71.1 Å². The molecule has 1 unspecified atom stereocenters. The summed E-state index contributed by atoms with van der Waals surface area (Å²) < 4.78 is 5.43. The number of carbonyl (C=O) groups is 2. The summed E-state index contributed by atoms with van der Waals surface area (Å²) in [5.74, 6) is -0.877. The van der Waals surface area contributed by atoms with Crippen LogP contribution in [0.4, 0.5) is 0 Å². The van der Waals surface area contributed by atoms with E-state index in [1.54, 1.807) is 0 Å². The van der Waals surface area contributed by atoms with Gasteiger partial charge in [-0.2, -0.15) is 0 Å². The molecular weight excluding hydrogens is 268 g/mol. The second kappa shape index (κ2) is 15.2. The molecule has 0 bridgehead atoms. The van der Waals surface area contributed by atoms with Crippen LogP contribution in [-0.2, 0) is 14.3 Å². The predicted molar refractivity (Wildman–Crippen MR) is 84.4 cm³/mol. The van der Waals surface area contributed by atoms with Crippen molar-refractivity contribution in [2.24, 2.45) is 0 Å². The first kappa shape index (κ1) is 19.8. The summed E-state index contributed by atoms with van der Waals surface area (Å²) in [6.45, 7) is 2.62. The van der Waals surface area contributed by atoms with E-state index in [4.69, 9.17) is 9.84 Å². The fourth-order valence-corrected chi connectivity index (χ4v) is 2.03. The lowest BCUT2D eigenvalue weighted by Crippen LogP contribution is -2.24. The third kappa shape index (κ3) is 13.6. The summed E-state index contributed by atoms with van der Waals surface area (Å²) in [4.78, 5) is 21.2. The van der Waals surface area contributed by atoms with Crippen LogP contribution < -0.4 is 0 Å². The molecule has 0 aliphatic rings. The number of hydrogen-bond acceptors (Lipinski definition) is 3. The third-order valence-electron chi connectivity index (χ3n) is 3.31. The average molecular weight is 298 g/mol. The maximum Gasteiger partial charge on any atom is 0.332 e. The maximum absolute atomic E-state index is 11.1. The quantitative estimate of drug-likeness (QED) is 0.280. The molecule has 0 aromatic rings. The summed E-state index contributed by atoms with van der Waals surface area (Å²) in [6, 6.07) is 0. The minimum absolute atomic E-state index is 0.463. The molecule has 0 aliphatic heterocycles. The molecule has 0 amide bonds. The van der Waals surface area contributed by atoms with E-state index in [0.29, 0.717) is 19.4 Å². The van der Waals surface area contributed by atoms with Gasteiger partial charge in [-0.25, -0.2) is 4.79 Å². The first-order valence-corrected chi connectivity index (χ1v) is 8.15. The molecule has 0 radical (unpaired) electrons. The first-order chi connectivity index (χ1) is 10.2. The molecule has 4 nitrogen and oxygen atoms in total. The topological polar surface area (TPSA) is 63.6 Å². The van der Waals surface area contributed by atoms with Gasteiger partial charge < -0.3 is 14.6 Å². The molecule has 122 valence electrons. The Morgan fingerprint density at radius 3 is 2.43 bits per heavy atom. The standard InChI is InChI=1S/C17H30O4/c1-2-3-4-5-9-12-15-21-16(17(19)20)13-10-7-6-8-11-14-18/h5,9,14,16H,2-4,6-8,10-13,15H2,1H3,(H,19,20)/b9-5-. The zero-order valence-corrected chi connectivity index (χ0v) is 13.3. The van der Waals surface area contributed by atoms with E-state index in [9.17, 15) is 9.59 Å². The fraction of sp³-hybridized carbons (Fsp3) is 0.765. The molecule has 21 heavy (non-hydrogen) atoms. The number of carboxylic acids is 1. The van der Waals surface area contributed by atoms with Crippen LogP contribution in [0.3, 0.4) is 0 Å². The van der Waals surface area contributed by atoms with Gasteiger partial charge in [0.2, 0.25) is 0 Å². The van der Waals surface area contributed by atoms with Crippen LogP contribution in [-0.4, -0.2) is 30.1 Å². The van der Waals surface area contributed by atoms with Crippen molar-refractivity contribution in [1.82, 2.24) is 0 Å². The van der Waals surface area contributed by atoms with E-state index >= 15 is 0 Å². The summed E-state index contributed by atoms with van der Waals surface area (Å²) in [6.07, 6.45) is 13.5. The van der Waals surface area contributed by atoms with E-state index in [2.05, 4.69) is 19.1 Å². The molecule has 0 aliphatic carbocycles. The van der Waals surface area contributed by atoms with Crippen LogP contribution >= 0.6 is 0 Å². The van der Waals surface area contributed by atoms with Gasteiger partial charge >= 0.3 is 5.97 Å². The Morgan fingerprint density at radius 2 is 1.76 bits per heavy atom. The summed E-state index contributed by atoms with van der Waals surface area (Å²) in [5.41, 5.74) is 0. The van der Waals surface area contributed by atoms with Crippen molar-refractivity contribution in [1.29, 1.82) is 0 Å². The molecule has 1 N–H and O–H groups in total. The SMILES string of the molecule is CCCC/C=C\CCOC(CCCCCCC=O)C(=O)O. The monoisotopic (exact) mass is 298 g/mol. The number of rotatable bonds is 15. The normalized spacial score (nSPS) is 12.6. The molecule has 0 rings (SSSR count). The van der Waals surface area contributed by atoms with Crippen LogP contribution in [0.2, 0.25) is 0 Å². The Kier molecular flexibility index (Phi) is 14.4. The molecule has 0 aromatic carbocycles. The summed E-state index contributed by atoms with van der Waals surface area (Å²) in [5, 5.41) is 9.10. The molecule has 0 saturated heterocycles. The lowest BCUT2D eigenvalue weighted by molar-refractivity contribution is -0.150. The molecule has 0 aromatic heterocycles. The fourth-order valence-electron chi connectivity index (χ4n) is 2.03. The summed E-state index contributed by atoms with van der Waals surface area (Å²) in [7, 11) is 0. The van der Waals surface area contributed by atoms with Crippen molar-refractivity contribution in [3.8, 4) is 0 Å². The van der Waals surface area contributed by atoms with Gasteiger partial charge in [0.05, 0.1) is 6.61 Å². The van der Waals surface area contributed by atoms with Crippen LogP contribution in [0.5, 0.6) is 0 Å². The van der Waals surface area contributed by atoms with Crippen molar-refractivity contribution in [2.75, 3.05) is 6.61 Å². The Balaban J connectivity index is 3.65. The molecule has 1 atom stereocenters. The number of aldehydes is 1. The Hall–Kier alpha value is -1.16. The van der Waals surface area contributed by atoms with E-state index in [0.717, 1.165) is 44.8 Å². The van der Waals surface area contributed by atoms with E-state index in [-0.39, 0.29) is 0 Å². The van der Waals surface area contributed by atoms with Crippen LogP contribution in [0.25, 0.3) is 0 Å². The van der Waals surface area contributed by atoms with Gasteiger partial charge in [-0.15, -0.1) is 0 Å². The van der Waals surface area contributed by atoms with Crippen molar-refractivity contribution in [2.45, 2.75) is 77.2 Å². The third-order valence-corrected chi connectivity index (χ3v) is 3.31. The van der Waals surface area contributed by atoms with Crippen LogP contribution in [0.15, 0.2) is 12.2 Å². The lowest BCUT2D eigenvalue weighted by Gasteiger charge is -2.12. The predicted octanol–water partition coefficient (Wildman–Crippen LogP) is 4.13. The molecule has 4 heteroatoms. The molecule has 0 spiro atoms. The average Bonchev–Trinajstić information content (AvgIpc) is 2.47. The number of hydrogen-bond donors (Lipinski definition) is 1. The Labute approximate surface area is 128 Å². The molecular formula is C17H30O4. The van der Waals surface area contributed by atoms with Gasteiger partial charge in [0.25, 0.3) is 0 Å². The molecule has 0 saturated carbocycles. The highest BCUT2D eigenvalue weighted by atomic mass is 16.5. The minimum atomic E-state index is -0.877.